The molecule has 21 heavy (non-hydrogen) atoms. The fourth-order valence-corrected chi connectivity index (χ4v) is 1.71. The predicted molar refractivity (Wildman–Crippen MR) is 73.7 cm³/mol. The molecule has 2 rings (SSSR count). The van der Waals surface area contributed by atoms with Gasteiger partial charge in [-0.25, -0.2) is 9.18 Å². The Morgan fingerprint density at radius 3 is 2.81 bits per heavy atom. The quantitative estimate of drug-likeness (QED) is 0.904. The summed E-state index contributed by atoms with van der Waals surface area (Å²) >= 11 is 0. The van der Waals surface area contributed by atoms with Crippen LogP contribution >= 0.6 is 0 Å². The van der Waals surface area contributed by atoms with Crippen LogP contribution in [0.3, 0.4) is 0 Å². The van der Waals surface area contributed by atoms with Crippen LogP contribution in [0.5, 0.6) is 0 Å². The number of aliphatic carboxylic acids is 1. The highest BCUT2D eigenvalue weighted by Gasteiger charge is 2.17. The molecule has 1 unspecified atom stereocenters. The van der Waals surface area contributed by atoms with Crippen molar-refractivity contribution in [3.8, 4) is 0 Å². The normalized spacial score (nSPS) is 12.0. The van der Waals surface area contributed by atoms with E-state index in [1.165, 1.54) is 31.5 Å². The van der Waals surface area contributed by atoms with Gasteiger partial charge in [0.25, 0.3) is 5.91 Å². The molecule has 0 spiro atoms. The molecule has 0 aliphatic heterocycles. The Morgan fingerprint density at radius 1 is 1.43 bits per heavy atom. The number of carbonyl (C=O) groups is 2. The van der Waals surface area contributed by atoms with Gasteiger partial charge in [-0.2, -0.15) is 5.10 Å². The molecular formula is C14H14FN3O3. The summed E-state index contributed by atoms with van der Waals surface area (Å²) in [5.74, 6) is -2.15. The minimum atomic E-state index is -1.06. The molecule has 0 saturated heterocycles. The summed E-state index contributed by atoms with van der Waals surface area (Å²) in [4.78, 5) is 22.8. The minimum Gasteiger partial charge on any atom is -0.480 e. The van der Waals surface area contributed by atoms with E-state index in [2.05, 4.69) is 10.4 Å². The van der Waals surface area contributed by atoms with Gasteiger partial charge in [0.15, 0.2) is 0 Å². The Morgan fingerprint density at radius 2 is 2.14 bits per heavy atom. The maximum Gasteiger partial charge on any atom is 0.328 e. The number of amides is 1. The number of aryl methyl sites for hydroxylation is 1. The average molecular weight is 291 g/mol. The summed E-state index contributed by atoms with van der Waals surface area (Å²) in [7, 11) is 0. The number of nitrogens with zero attached hydrogens (tertiary/aromatic N) is 2. The molecule has 1 amide bonds. The molecular weight excluding hydrogens is 277 g/mol. The van der Waals surface area contributed by atoms with E-state index in [4.69, 9.17) is 5.11 Å². The molecule has 2 N–H and O–H groups in total. The Bertz CT molecular complexity index is 697. The van der Waals surface area contributed by atoms with Gasteiger partial charge in [0.1, 0.15) is 11.9 Å². The maximum atomic E-state index is 13.6. The largest absolute Gasteiger partial charge is 0.480 e. The zero-order valence-corrected chi connectivity index (χ0v) is 11.5. The number of carbonyl (C=O) groups excluding carboxylic acids is 1. The average Bonchev–Trinajstić information content (AvgIpc) is 2.91. The molecule has 2 aromatic rings. The molecule has 1 heterocycles. The van der Waals surface area contributed by atoms with Gasteiger partial charge < -0.3 is 10.4 Å². The first-order valence-electron chi connectivity index (χ1n) is 6.23. The van der Waals surface area contributed by atoms with E-state index >= 15 is 0 Å². The Hall–Kier alpha value is -2.70. The third-order valence-electron chi connectivity index (χ3n) is 2.99. The van der Waals surface area contributed by atoms with Crippen molar-refractivity contribution in [3.05, 3.63) is 47.5 Å². The lowest BCUT2D eigenvalue weighted by molar-refractivity contribution is -0.140. The van der Waals surface area contributed by atoms with Crippen molar-refractivity contribution in [2.45, 2.75) is 19.9 Å². The molecule has 0 aliphatic carbocycles. The first kappa shape index (κ1) is 14.7. The van der Waals surface area contributed by atoms with Crippen LogP contribution in [-0.4, -0.2) is 26.8 Å². The minimum absolute atomic E-state index is 0.0685. The first-order valence-corrected chi connectivity index (χ1v) is 6.23. The molecule has 1 atom stereocenters. The standard InChI is InChI=1S/C14H14FN3O3/c1-8-3-4-11(15)12(5-8)17-13(19)10-6-16-18(7-10)9(2)14(20)21/h3-7,9H,1-2H3,(H,17,19)(H,20,21). The summed E-state index contributed by atoms with van der Waals surface area (Å²) in [6.07, 6.45) is 2.55. The van der Waals surface area contributed by atoms with E-state index < -0.39 is 23.7 Å². The number of benzene rings is 1. The second kappa shape index (κ2) is 5.74. The van der Waals surface area contributed by atoms with E-state index in [0.717, 1.165) is 10.2 Å². The van der Waals surface area contributed by atoms with Crippen LogP contribution in [0.2, 0.25) is 0 Å². The van der Waals surface area contributed by atoms with Gasteiger partial charge in [0.2, 0.25) is 0 Å². The molecule has 7 heteroatoms. The topological polar surface area (TPSA) is 84.2 Å². The second-order valence-electron chi connectivity index (χ2n) is 4.66. The van der Waals surface area contributed by atoms with Gasteiger partial charge in [-0.1, -0.05) is 6.07 Å². The van der Waals surface area contributed by atoms with Crippen LogP contribution in [0.25, 0.3) is 0 Å². The number of halogens is 1. The summed E-state index contributed by atoms with van der Waals surface area (Å²) in [5.41, 5.74) is 1.03. The number of carboxylic acid groups (broad SMARTS) is 1. The van der Waals surface area contributed by atoms with Crippen molar-refractivity contribution < 1.29 is 19.1 Å². The number of hydrogen-bond acceptors (Lipinski definition) is 3. The molecule has 0 saturated carbocycles. The summed E-state index contributed by atoms with van der Waals surface area (Å²) in [5, 5.41) is 15.1. The zero-order chi connectivity index (χ0) is 15.6. The molecule has 110 valence electrons. The van der Waals surface area contributed by atoms with Crippen molar-refractivity contribution >= 4 is 17.6 Å². The van der Waals surface area contributed by atoms with Crippen molar-refractivity contribution in [1.29, 1.82) is 0 Å². The van der Waals surface area contributed by atoms with Gasteiger partial charge in [-0.05, 0) is 31.5 Å². The highest BCUT2D eigenvalue weighted by molar-refractivity contribution is 6.04. The fourth-order valence-electron chi connectivity index (χ4n) is 1.71. The molecule has 1 aromatic carbocycles. The van der Waals surface area contributed by atoms with Gasteiger partial charge in [-0.3, -0.25) is 9.48 Å². The Kier molecular flexibility index (Phi) is 4.02. The van der Waals surface area contributed by atoms with Crippen LogP contribution in [-0.2, 0) is 4.79 Å². The number of hydrogen-bond donors (Lipinski definition) is 2. The zero-order valence-electron chi connectivity index (χ0n) is 11.5. The molecule has 0 radical (unpaired) electrons. The number of nitrogens with one attached hydrogen (secondary N) is 1. The number of aromatic nitrogens is 2. The van der Waals surface area contributed by atoms with Crippen molar-refractivity contribution in [2.75, 3.05) is 5.32 Å². The van der Waals surface area contributed by atoms with Crippen LogP contribution in [0.1, 0.15) is 28.9 Å². The van der Waals surface area contributed by atoms with Gasteiger partial charge in [-0.15, -0.1) is 0 Å². The summed E-state index contributed by atoms with van der Waals surface area (Å²) in [6, 6.07) is 3.48. The van der Waals surface area contributed by atoms with Gasteiger partial charge >= 0.3 is 5.97 Å². The Labute approximate surface area is 120 Å². The SMILES string of the molecule is Cc1ccc(F)c(NC(=O)c2cnn(C(C)C(=O)O)c2)c1. The highest BCUT2D eigenvalue weighted by atomic mass is 19.1. The number of rotatable bonds is 4. The lowest BCUT2D eigenvalue weighted by Crippen LogP contribution is -2.16. The van der Waals surface area contributed by atoms with Crippen LogP contribution < -0.4 is 5.32 Å². The van der Waals surface area contributed by atoms with Crippen LogP contribution in [0.15, 0.2) is 30.6 Å². The van der Waals surface area contributed by atoms with Crippen molar-refractivity contribution in [2.24, 2.45) is 0 Å². The predicted octanol–water partition coefficient (Wildman–Crippen LogP) is 2.23. The van der Waals surface area contributed by atoms with Gasteiger partial charge in [0, 0.05) is 6.20 Å². The smallest absolute Gasteiger partial charge is 0.328 e. The van der Waals surface area contributed by atoms with Crippen molar-refractivity contribution in [3.63, 3.8) is 0 Å². The molecule has 0 bridgehead atoms. The lowest BCUT2D eigenvalue weighted by Gasteiger charge is -2.06. The van der Waals surface area contributed by atoms with Crippen LogP contribution in [0.4, 0.5) is 10.1 Å². The monoisotopic (exact) mass is 291 g/mol. The van der Waals surface area contributed by atoms with Gasteiger partial charge in [0.05, 0.1) is 17.4 Å². The lowest BCUT2D eigenvalue weighted by atomic mass is 10.2. The molecule has 1 aromatic heterocycles. The third-order valence-corrected chi connectivity index (χ3v) is 2.99. The molecule has 6 nitrogen and oxygen atoms in total. The Balaban J connectivity index is 2.17. The van der Waals surface area contributed by atoms with E-state index in [9.17, 15) is 14.0 Å². The fraction of sp³-hybridized carbons (Fsp3) is 0.214. The van der Waals surface area contributed by atoms with Crippen molar-refractivity contribution in [1.82, 2.24) is 9.78 Å². The van der Waals surface area contributed by atoms with E-state index in [-0.39, 0.29) is 11.3 Å². The first-order chi connectivity index (χ1) is 9.88. The highest BCUT2D eigenvalue weighted by Crippen LogP contribution is 2.17. The van der Waals surface area contributed by atoms with Crippen LogP contribution in [0, 0.1) is 12.7 Å². The van der Waals surface area contributed by atoms with E-state index in [1.807, 2.05) is 0 Å². The van der Waals surface area contributed by atoms with E-state index in [1.54, 1.807) is 13.0 Å². The second-order valence-corrected chi connectivity index (χ2v) is 4.66. The molecule has 0 fully saturated rings. The third kappa shape index (κ3) is 3.25. The molecule has 0 aliphatic rings. The summed E-state index contributed by atoms with van der Waals surface area (Å²) in [6.45, 7) is 3.22. The number of carboxylic acids is 1. The van der Waals surface area contributed by atoms with E-state index in [0.29, 0.717) is 0 Å². The maximum absolute atomic E-state index is 13.6. The summed E-state index contributed by atoms with van der Waals surface area (Å²) < 4.78 is 14.7. The number of anilines is 1.